The number of carbonyl (C=O) groups excluding carboxylic acids is 1. The van der Waals surface area contributed by atoms with Crippen LogP contribution in [0.2, 0.25) is 36.3 Å². The van der Waals surface area contributed by atoms with E-state index in [0.29, 0.717) is 12.3 Å². The third kappa shape index (κ3) is 6.79. The zero-order valence-corrected chi connectivity index (χ0v) is 19.1. The Kier molecular flexibility index (Phi) is 7.30. The van der Waals surface area contributed by atoms with Gasteiger partial charge >= 0.3 is 5.97 Å². The first kappa shape index (κ1) is 22.4. The second-order valence-electron chi connectivity index (χ2n) is 9.16. The van der Waals surface area contributed by atoms with Crippen LogP contribution in [0.4, 0.5) is 0 Å². The Morgan fingerprint density at radius 1 is 0.870 bits per heavy atom. The van der Waals surface area contributed by atoms with Crippen LogP contribution in [0.25, 0.3) is 0 Å². The molecule has 0 saturated carbocycles. The first-order valence-corrected chi connectivity index (χ1v) is 14.3. The monoisotopic (exact) mass is 359 g/mol. The highest BCUT2D eigenvalue weighted by Crippen LogP contribution is 2.37. The van der Waals surface area contributed by atoms with Crippen molar-refractivity contribution in [2.75, 3.05) is 6.54 Å². The summed E-state index contributed by atoms with van der Waals surface area (Å²) < 4.78 is 11.9. The zero-order chi connectivity index (χ0) is 18.7. The molecule has 0 fully saturated rings. The molecule has 0 aliphatic heterocycles. The van der Waals surface area contributed by atoms with Crippen molar-refractivity contribution in [2.45, 2.75) is 91.2 Å². The lowest BCUT2D eigenvalue weighted by molar-refractivity contribution is -0.133. The molecule has 0 radical (unpaired) electrons. The predicted octanol–water partition coefficient (Wildman–Crippen LogP) is 5.37. The van der Waals surface area contributed by atoms with Crippen LogP contribution in [0, 0.1) is 0 Å². The van der Waals surface area contributed by atoms with Crippen LogP contribution in [-0.2, 0) is 13.6 Å². The quantitative estimate of drug-likeness (QED) is 0.377. The molecule has 23 heavy (non-hydrogen) atoms. The van der Waals surface area contributed by atoms with Crippen molar-refractivity contribution < 1.29 is 13.6 Å². The van der Waals surface area contributed by atoms with Crippen LogP contribution in [-0.4, -0.2) is 35.0 Å². The van der Waals surface area contributed by atoms with Gasteiger partial charge < -0.3 is 8.85 Å². The van der Waals surface area contributed by atoms with Crippen LogP contribution in [0.3, 0.4) is 0 Å². The third-order valence-electron chi connectivity index (χ3n) is 5.04. The van der Waals surface area contributed by atoms with E-state index in [2.05, 4.69) is 72.7 Å². The Morgan fingerprint density at radius 2 is 1.26 bits per heavy atom. The molecule has 0 unspecified atom stereocenters. The molecule has 0 N–H and O–H groups in total. The summed E-state index contributed by atoms with van der Waals surface area (Å²) in [6.45, 7) is 23.5. The van der Waals surface area contributed by atoms with E-state index in [4.69, 9.17) is 8.85 Å². The molecule has 0 spiro atoms. The van der Waals surface area contributed by atoms with Crippen molar-refractivity contribution in [1.82, 2.24) is 0 Å². The van der Waals surface area contributed by atoms with E-state index in [1.54, 1.807) is 0 Å². The second kappa shape index (κ2) is 7.51. The van der Waals surface area contributed by atoms with Gasteiger partial charge in [-0.25, -0.2) is 4.99 Å². The second-order valence-corrected chi connectivity index (χ2v) is 18.6. The summed E-state index contributed by atoms with van der Waals surface area (Å²) in [4.78, 5) is 16.5. The molecule has 0 amide bonds. The van der Waals surface area contributed by atoms with E-state index in [-0.39, 0.29) is 22.6 Å². The summed E-state index contributed by atoms with van der Waals surface area (Å²) in [6.07, 6.45) is 0.694. The fraction of sp³-hybridized carbons (Fsp3) is 0.882. The Bertz CT molecular complexity index is 444. The lowest BCUT2D eigenvalue weighted by Crippen LogP contribution is -2.43. The van der Waals surface area contributed by atoms with E-state index in [1.165, 1.54) is 0 Å². The molecular formula is C17H37NO3Si2. The van der Waals surface area contributed by atoms with Gasteiger partial charge in [0.2, 0.25) is 0 Å². The van der Waals surface area contributed by atoms with Crippen molar-refractivity contribution >= 4 is 28.5 Å². The third-order valence-corrected chi connectivity index (χ3v) is 13.7. The molecule has 4 nitrogen and oxygen atoms in total. The van der Waals surface area contributed by atoms with Crippen molar-refractivity contribution in [3.63, 3.8) is 0 Å². The molecule has 0 heterocycles. The van der Waals surface area contributed by atoms with E-state index in [9.17, 15) is 4.79 Å². The maximum absolute atomic E-state index is 12.1. The summed E-state index contributed by atoms with van der Waals surface area (Å²) in [7, 11) is -3.99. The Balaban J connectivity index is 4.89. The van der Waals surface area contributed by atoms with Gasteiger partial charge in [-0.05, 0) is 36.3 Å². The standard InChI is InChI=1S/C17H37NO3Si2/c1-12-14(20-22(8,9)16(2,3)4)18-13-15(19)21-23(10,11)17(5,6)7/h12-13H2,1-11H3. The van der Waals surface area contributed by atoms with Crippen LogP contribution in [0.15, 0.2) is 4.99 Å². The minimum Gasteiger partial charge on any atom is -0.534 e. The highest BCUT2D eigenvalue weighted by Gasteiger charge is 2.41. The van der Waals surface area contributed by atoms with Crippen molar-refractivity contribution in [3.8, 4) is 0 Å². The van der Waals surface area contributed by atoms with Crippen molar-refractivity contribution in [2.24, 2.45) is 4.99 Å². The molecule has 0 aromatic rings. The number of aliphatic imine (C=N–C) groups is 1. The van der Waals surface area contributed by atoms with Gasteiger partial charge in [0.05, 0.1) is 0 Å². The van der Waals surface area contributed by atoms with Gasteiger partial charge in [0.1, 0.15) is 6.54 Å². The van der Waals surface area contributed by atoms with E-state index < -0.39 is 16.6 Å². The van der Waals surface area contributed by atoms with Crippen LogP contribution < -0.4 is 0 Å². The fourth-order valence-electron chi connectivity index (χ4n) is 1.29. The lowest BCUT2D eigenvalue weighted by Gasteiger charge is -2.36. The fourth-order valence-corrected chi connectivity index (χ4v) is 3.33. The number of nitrogens with zero attached hydrogens (tertiary/aromatic N) is 1. The minimum absolute atomic E-state index is 0.0115. The van der Waals surface area contributed by atoms with Gasteiger partial charge in [-0.15, -0.1) is 0 Å². The highest BCUT2D eigenvalue weighted by molar-refractivity contribution is 6.76. The number of rotatable bonds is 5. The van der Waals surface area contributed by atoms with E-state index in [0.717, 1.165) is 0 Å². The molecule has 0 aliphatic rings. The molecule has 0 aromatic carbocycles. The Hall–Kier alpha value is -0.626. The summed E-state index contributed by atoms with van der Waals surface area (Å²) in [5.41, 5.74) is 0. The lowest BCUT2D eigenvalue weighted by atomic mass is 10.2. The van der Waals surface area contributed by atoms with Crippen LogP contribution >= 0.6 is 0 Å². The first-order chi connectivity index (χ1) is 10.0. The molecule has 6 heteroatoms. The largest absolute Gasteiger partial charge is 0.534 e. The predicted molar refractivity (Wildman–Crippen MR) is 104 cm³/mol. The average molecular weight is 360 g/mol. The van der Waals surface area contributed by atoms with Crippen molar-refractivity contribution in [1.29, 1.82) is 0 Å². The van der Waals surface area contributed by atoms with Gasteiger partial charge in [-0.1, -0.05) is 48.5 Å². The van der Waals surface area contributed by atoms with Gasteiger partial charge in [0, 0.05) is 6.42 Å². The summed E-state index contributed by atoms with van der Waals surface area (Å²) in [6, 6.07) is 0. The maximum Gasteiger partial charge on any atom is 0.314 e. The number of hydrogen-bond acceptors (Lipinski definition) is 4. The molecule has 0 bridgehead atoms. The minimum atomic E-state index is -2.08. The number of hydrogen-bond donors (Lipinski definition) is 0. The number of carbonyl (C=O) groups is 1. The molecule has 0 saturated heterocycles. The SMILES string of the molecule is CCC(=NCC(=O)O[Si](C)(C)C(C)(C)C)O[Si](C)(C)C(C)(C)C. The van der Waals surface area contributed by atoms with Gasteiger partial charge in [-0.2, -0.15) is 0 Å². The summed E-state index contributed by atoms with van der Waals surface area (Å²) in [5, 5.41) is 0.127. The zero-order valence-electron chi connectivity index (χ0n) is 17.1. The Morgan fingerprint density at radius 3 is 1.61 bits per heavy atom. The molecule has 0 atom stereocenters. The topological polar surface area (TPSA) is 47.9 Å². The smallest absolute Gasteiger partial charge is 0.314 e. The highest BCUT2D eigenvalue weighted by atomic mass is 28.4. The molecular weight excluding hydrogens is 322 g/mol. The summed E-state index contributed by atoms with van der Waals surface area (Å²) in [5.74, 6) is 0.421. The first-order valence-electron chi connectivity index (χ1n) is 8.47. The van der Waals surface area contributed by atoms with Gasteiger partial charge in [0.15, 0.2) is 5.90 Å². The van der Waals surface area contributed by atoms with Gasteiger partial charge in [0.25, 0.3) is 16.6 Å². The maximum atomic E-state index is 12.1. The van der Waals surface area contributed by atoms with E-state index >= 15 is 0 Å². The molecule has 0 rings (SSSR count). The van der Waals surface area contributed by atoms with Gasteiger partial charge in [-0.3, -0.25) is 4.79 Å². The van der Waals surface area contributed by atoms with Crippen LogP contribution in [0.5, 0.6) is 0 Å². The molecule has 136 valence electrons. The van der Waals surface area contributed by atoms with Crippen LogP contribution in [0.1, 0.15) is 54.9 Å². The average Bonchev–Trinajstić information content (AvgIpc) is 2.30. The molecule has 0 aromatic heterocycles. The Labute approximate surface area is 145 Å². The summed E-state index contributed by atoms with van der Waals surface area (Å²) >= 11 is 0. The normalized spacial score (nSPS) is 14.7. The van der Waals surface area contributed by atoms with Crippen molar-refractivity contribution in [3.05, 3.63) is 0 Å². The van der Waals surface area contributed by atoms with E-state index in [1.807, 2.05) is 6.92 Å². The molecule has 0 aliphatic carbocycles.